The van der Waals surface area contributed by atoms with Crippen molar-refractivity contribution in [1.29, 1.82) is 0 Å². The average Bonchev–Trinajstić information content (AvgIpc) is 2.74. The lowest BCUT2D eigenvalue weighted by molar-refractivity contribution is -0.120. The Morgan fingerprint density at radius 1 is 1.24 bits per heavy atom. The van der Waals surface area contributed by atoms with E-state index in [1.54, 1.807) is 11.8 Å². The van der Waals surface area contributed by atoms with Gasteiger partial charge in [-0.1, -0.05) is 23.9 Å². The van der Waals surface area contributed by atoms with E-state index in [4.69, 9.17) is 0 Å². The highest BCUT2D eigenvalue weighted by molar-refractivity contribution is 7.99. The number of imidazole rings is 1. The van der Waals surface area contributed by atoms with Crippen LogP contribution in [0.25, 0.3) is 11.0 Å². The molecule has 1 aromatic carbocycles. The monoisotopic (exact) mass is 246 g/mol. The number of Topliss-reactive ketones (excluding diaryl/α,β-unsaturated/α-hetero) is 1. The number of H-pyrrole nitrogens is 1. The first-order chi connectivity index (χ1) is 8.31. The number of rotatable bonds is 2. The van der Waals surface area contributed by atoms with Gasteiger partial charge in [-0.2, -0.15) is 0 Å². The molecule has 1 N–H and O–H groups in total. The summed E-state index contributed by atoms with van der Waals surface area (Å²) >= 11 is 1.77. The van der Waals surface area contributed by atoms with Crippen molar-refractivity contribution in [2.45, 2.75) is 36.1 Å². The maximum absolute atomic E-state index is 11.2. The van der Waals surface area contributed by atoms with E-state index in [0.717, 1.165) is 41.9 Å². The minimum atomic E-state index is 0.409. The molecule has 1 fully saturated rings. The standard InChI is InChI=1S/C13H14N2OS/c16-9-5-7-10(8-6-9)17-13-14-11-3-1-2-4-12(11)15-13/h1-4,10H,5-8H2,(H,14,15). The normalized spacial score (nSPS) is 17.8. The number of aromatic nitrogens is 2. The quantitative estimate of drug-likeness (QED) is 0.885. The van der Waals surface area contributed by atoms with Gasteiger partial charge in [-0.15, -0.1) is 0 Å². The molecule has 2 aromatic rings. The van der Waals surface area contributed by atoms with Crippen LogP contribution in [0.3, 0.4) is 0 Å². The lowest BCUT2D eigenvalue weighted by atomic mass is 9.99. The van der Waals surface area contributed by atoms with Crippen molar-refractivity contribution in [3.05, 3.63) is 24.3 Å². The van der Waals surface area contributed by atoms with Crippen LogP contribution >= 0.6 is 11.8 Å². The summed E-state index contributed by atoms with van der Waals surface area (Å²) in [7, 11) is 0. The van der Waals surface area contributed by atoms with Crippen molar-refractivity contribution in [2.75, 3.05) is 0 Å². The van der Waals surface area contributed by atoms with Crippen LogP contribution in [0.2, 0.25) is 0 Å². The third-order valence-corrected chi connectivity index (χ3v) is 4.36. The molecule has 1 aliphatic carbocycles. The Kier molecular flexibility index (Phi) is 2.89. The van der Waals surface area contributed by atoms with Gasteiger partial charge in [0.05, 0.1) is 11.0 Å². The molecule has 1 aliphatic rings. The van der Waals surface area contributed by atoms with Gasteiger partial charge in [0.1, 0.15) is 5.78 Å². The number of para-hydroxylation sites is 2. The van der Waals surface area contributed by atoms with E-state index >= 15 is 0 Å². The first-order valence-electron chi connectivity index (χ1n) is 5.94. The molecule has 0 saturated heterocycles. The number of hydrogen-bond donors (Lipinski definition) is 1. The number of ketones is 1. The highest BCUT2D eigenvalue weighted by Crippen LogP contribution is 2.31. The second-order valence-corrected chi connectivity index (χ2v) is 5.70. The summed E-state index contributed by atoms with van der Waals surface area (Å²) in [6.45, 7) is 0. The van der Waals surface area contributed by atoms with E-state index in [-0.39, 0.29) is 0 Å². The maximum Gasteiger partial charge on any atom is 0.166 e. The first kappa shape index (κ1) is 10.8. The fourth-order valence-electron chi connectivity index (χ4n) is 2.17. The molecule has 3 nitrogen and oxygen atoms in total. The zero-order valence-electron chi connectivity index (χ0n) is 9.48. The summed E-state index contributed by atoms with van der Waals surface area (Å²) in [6, 6.07) is 8.06. The van der Waals surface area contributed by atoms with Gasteiger partial charge < -0.3 is 4.98 Å². The lowest BCUT2D eigenvalue weighted by Gasteiger charge is -2.18. The van der Waals surface area contributed by atoms with Gasteiger partial charge in [-0.05, 0) is 25.0 Å². The van der Waals surface area contributed by atoms with Gasteiger partial charge in [0.25, 0.3) is 0 Å². The van der Waals surface area contributed by atoms with Crippen LogP contribution in [0.5, 0.6) is 0 Å². The predicted molar refractivity (Wildman–Crippen MR) is 69.2 cm³/mol. The van der Waals surface area contributed by atoms with Gasteiger partial charge in [0.2, 0.25) is 0 Å². The SMILES string of the molecule is O=C1CCC(Sc2nc3ccccc3[nH]2)CC1. The molecule has 1 heterocycles. The van der Waals surface area contributed by atoms with Crippen LogP contribution < -0.4 is 0 Å². The molecule has 0 aliphatic heterocycles. The number of carbonyl (C=O) groups excluding carboxylic acids is 1. The number of thioether (sulfide) groups is 1. The van der Waals surface area contributed by atoms with Gasteiger partial charge in [0, 0.05) is 18.1 Å². The molecule has 0 spiro atoms. The largest absolute Gasteiger partial charge is 0.333 e. The molecule has 88 valence electrons. The van der Waals surface area contributed by atoms with E-state index < -0.39 is 0 Å². The topological polar surface area (TPSA) is 45.8 Å². The lowest BCUT2D eigenvalue weighted by Crippen LogP contribution is -2.15. The Hall–Kier alpha value is -1.29. The zero-order chi connectivity index (χ0) is 11.7. The molecule has 0 amide bonds. The summed E-state index contributed by atoms with van der Waals surface area (Å²) < 4.78 is 0. The number of nitrogens with zero attached hydrogens (tertiary/aromatic N) is 1. The minimum absolute atomic E-state index is 0.409. The van der Waals surface area contributed by atoms with Crippen LogP contribution in [0, 0.1) is 0 Å². The Morgan fingerprint density at radius 2 is 2.00 bits per heavy atom. The second-order valence-electron chi connectivity index (χ2n) is 4.41. The summed E-state index contributed by atoms with van der Waals surface area (Å²) in [4.78, 5) is 19.0. The van der Waals surface area contributed by atoms with Crippen molar-refractivity contribution in [1.82, 2.24) is 9.97 Å². The molecule has 0 bridgehead atoms. The Morgan fingerprint density at radius 3 is 2.76 bits per heavy atom. The van der Waals surface area contributed by atoms with Gasteiger partial charge >= 0.3 is 0 Å². The smallest absolute Gasteiger partial charge is 0.166 e. The maximum atomic E-state index is 11.2. The number of hydrogen-bond acceptors (Lipinski definition) is 3. The van der Waals surface area contributed by atoms with Crippen molar-refractivity contribution in [2.24, 2.45) is 0 Å². The molecule has 0 atom stereocenters. The molecule has 3 rings (SSSR count). The van der Waals surface area contributed by atoms with Crippen molar-refractivity contribution < 1.29 is 4.79 Å². The van der Waals surface area contributed by atoms with Crippen LogP contribution in [0.15, 0.2) is 29.4 Å². The van der Waals surface area contributed by atoms with Crippen LogP contribution in [-0.4, -0.2) is 21.0 Å². The third-order valence-electron chi connectivity index (χ3n) is 3.14. The summed E-state index contributed by atoms with van der Waals surface area (Å²) in [5.41, 5.74) is 2.10. The zero-order valence-corrected chi connectivity index (χ0v) is 10.3. The Labute approximate surface area is 104 Å². The molecular formula is C13H14N2OS. The van der Waals surface area contributed by atoms with Crippen molar-refractivity contribution >= 4 is 28.6 Å². The fourth-order valence-corrected chi connectivity index (χ4v) is 3.28. The second kappa shape index (κ2) is 4.53. The number of benzene rings is 1. The highest BCUT2D eigenvalue weighted by Gasteiger charge is 2.20. The minimum Gasteiger partial charge on any atom is -0.333 e. The third kappa shape index (κ3) is 2.36. The van der Waals surface area contributed by atoms with E-state index in [0.29, 0.717) is 11.0 Å². The van der Waals surface area contributed by atoms with E-state index in [2.05, 4.69) is 9.97 Å². The van der Waals surface area contributed by atoms with Crippen LogP contribution in [-0.2, 0) is 4.79 Å². The molecule has 0 unspecified atom stereocenters. The van der Waals surface area contributed by atoms with Crippen LogP contribution in [0.1, 0.15) is 25.7 Å². The molecule has 17 heavy (non-hydrogen) atoms. The summed E-state index contributed by atoms with van der Waals surface area (Å²) in [5.74, 6) is 0.409. The molecule has 4 heteroatoms. The summed E-state index contributed by atoms with van der Waals surface area (Å²) in [6.07, 6.45) is 3.44. The first-order valence-corrected chi connectivity index (χ1v) is 6.82. The molecule has 1 saturated carbocycles. The van der Waals surface area contributed by atoms with Gasteiger partial charge in [-0.3, -0.25) is 4.79 Å². The predicted octanol–water partition coefficient (Wildman–Crippen LogP) is 3.17. The fraction of sp³-hybridized carbons (Fsp3) is 0.385. The van der Waals surface area contributed by atoms with Gasteiger partial charge in [0.15, 0.2) is 5.16 Å². The van der Waals surface area contributed by atoms with Crippen LogP contribution in [0.4, 0.5) is 0 Å². The van der Waals surface area contributed by atoms with E-state index in [9.17, 15) is 4.79 Å². The highest BCUT2D eigenvalue weighted by atomic mass is 32.2. The number of fused-ring (bicyclic) bond motifs is 1. The summed E-state index contributed by atoms with van der Waals surface area (Å²) in [5, 5.41) is 1.51. The average molecular weight is 246 g/mol. The molecular weight excluding hydrogens is 232 g/mol. The molecule has 0 radical (unpaired) electrons. The van der Waals surface area contributed by atoms with E-state index in [1.165, 1.54) is 0 Å². The Balaban J connectivity index is 1.74. The Bertz CT molecular complexity index is 506. The van der Waals surface area contributed by atoms with Crippen molar-refractivity contribution in [3.63, 3.8) is 0 Å². The molecule has 1 aromatic heterocycles. The number of carbonyl (C=O) groups is 1. The van der Waals surface area contributed by atoms with Crippen molar-refractivity contribution in [3.8, 4) is 0 Å². The number of nitrogens with one attached hydrogen (secondary N) is 1. The van der Waals surface area contributed by atoms with Gasteiger partial charge in [-0.25, -0.2) is 4.98 Å². The van der Waals surface area contributed by atoms with E-state index in [1.807, 2.05) is 24.3 Å². The number of aromatic amines is 1.